The van der Waals surface area contributed by atoms with Gasteiger partial charge in [0.2, 0.25) is 5.91 Å². The molecule has 0 radical (unpaired) electrons. The van der Waals surface area contributed by atoms with Crippen molar-refractivity contribution in [3.8, 4) is 0 Å². The largest absolute Gasteiger partial charge is 0.367 e. The highest BCUT2D eigenvalue weighted by Gasteiger charge is 2.27. The Labute approximate surface area is 135 Å². The van der Waals surface area contributed by atoms with E-state index >= 15 is 0 Å². The fourth-order valence-corrected chi connectivity index (χ4v) is 2.93. The summed E-state index contributed by atoms with van der Waals surface area (Å²) in [5.74, 6) is 0.188. The van der Waals surface area contributed by atoms with Gasteiger partial charge in [0.15, 0.2) is 0 Å². The number of halogens is 2. The third-order valence-corrected chi connectivity index (χ3v) is 4.38. The van der Waals surface area contributed by atoms with Crippen LogP contribution in [0.15, 0.2) is 18.2 Å². The predicted octanol–water partition coefficient (Wildman–Crippen LogP) is 2.63. The van der Waals surface area contributed by atoms with Crippen molar-refractivity contribution in [2.24, 2.45) is 11.7 Å². The Morgan fingerprint density at radius 1 is 1.19 bits per heavy atom. The first-order chi connectivity index (χ1) is 9.90. The van der Waals surface area contributed by atoms with E-state index in [4.69, 9.17) is 28.9 Å². The maximum absolute atomic E-state index is 12.2. The number of rotatable bonds is 3. The summed E-state index contributed by atoms with van der Waals surface area (Å²) in [6.45, 7) is 6.75. The second-order valence-corrected chi connectivity index (χ2v) is 6.52. The lowest BCUT2D eigenvalue weighted by molar-refractivity contribution is -0.133. The third-order valence-electron chi connectivity index (χ3n) is 3.85. The number of hydrogen-bond acceptors (Lipinski definition) is 3. The molecular formula is C15H21Cl2N3O. The highest BCUT2D eigenvalue weighted by Crippen LogP contribution is 2.29. The van der Waals surface area contributed by atoms with Gasteiger partial charge in [-0.3, -0.25) is 4.79 Å². The minimum absolute atomic E-state index is 0.0341. The number of hydrogen-bond donors (Lipinski definition) is 1. The number of nitrogens with zero attached hydrogens (tertiary/aromatic N) is 2. The molecule has 1 aromatic rings. The number of carbonyl (C=O) groups is 1. The maximum Gasteiger partial charge on any atom is 0.239 e. The summed E-state index contributed by atoms with van der Waals surface area (Å²) in [5.41, 5.74) is 6.90. The summed E-state index contributed by atoms with van der Waals surface area (Å²) < 4.78 is 0. The van der Waals surface area contributed by atoms with Crippen LogP contribution in [0.3, 0.4) is 0 Å². The molecule has 0 bridgehead atoms. The van der Waals surface area contributed by atoms with E-state index in [1.165, 1.54) is 0 Å². The highest BCUT2D eigenvalue weighted by molar-refractivity contribution is 6.36. The molecule has 2 N–H and O–H groups in total. The van der Waals surface area contributed by atoms with Crippen molar-refractivity contribution in [2.75, 3.05) is 31.1 Å². The van der Waals surface area contributed by atoms with Gasteiger partial charge < -0.3 is 15.5 Å². The Balaban J connectivity index is 1.98. The first kappa shape index (κ1) is 16.4. The lowest BCUT2D eigenvalue weighted by Gasteiger charge is -2.37. The van der Waals surface area contributed by atoms with Gasteiger partial charge in [0, 0.05) is 31.2 Å². The maximum atomic E-state index is 12.2. The average Bonchev–Trinajstić information content (AvgIpc) is 2.46. The lowest BCUT2D eigenvalue weighted by atomic mass is 10.0. The molecule has 1 aliphatic heterocycles. The van der Waals surface area contributed by atoms with Gasteiger partial charge in [0.25, 0.3) is 0 Å². The van der Waals surface area contributed by atoms with E-state index in [1.807, 2.05) is 30.9 Å². The molecule has 2 rings (SSSR count). The van der Waals surface area contributed by atoms with Crippen molar-refractivity contribution >= 4 is 34.8 Å². The molecular weight excluding hydrogens is 309 g/mol. The van der Waals surface area contributed by atoms with Crippen molar-refractivity contribution in [1.82, 2.24) is 4.90 Å². The quantitative estimate of drug-likeness (QED) is 0.927. The van der Waals surface area contributed by atoms with Gasteiger partial charge in [0.1, 0.15) is 0 Å². The van der Waals surface area contributed by atoms with E-state index in [0.29, 0.717) is 23.1 Å². The first-order valence-electron chi connectivity index (χ1n) is 7.14. The molecule has 1 aromatic carbocycles. The van der Waals surface area contributed by atoms with Crippen LogP contribution in [0, 0.1) is 5.92 Å². The van der Waals surface area contributed by atoms with Gasteiger partial charge >= 0.3 is 0 Å². The van der Waals surface area contributed by atoms with E-state index in [1.54, 1.807) is 6.07 Å². The zero-order valence-corrected chi connectivity index (χ0v) is 13.9. The van der Waals surface area contributed by atoms with Crippen LogP contribution in [-0.2, 0) is 4.79 Å². The normalized spacial score (nSPS) is 17.2. The van der Waals surface area contributed by atoms with Crippen LogP contribution in [0.5, 0.6) is 0 Å². The third kappa shape index (κ3) is 3.82. The summed E-state index contributed by atoms with van der Waals surface area (Å²) in [7, 11) is 0. The SMILES string of the molecule is CC(C)C(N)C(=O)N1CCN(c2ccc(Cl)cc2Cl)CC1. The van der Waals surface area contributed by atoms with Crippen LogP contribution in [0.4, 0.5) is 5.69 Å². The highest BCUT2D eigenvalue weighted by atomic mass is 35.5. The summed E-state index contributed by atoms with van der Waals surface area (Å²) in [6, 6.07) is 5.07. The molecule has 1 amide bonds. The molecule has 0 saturated carbocycles. The van der Waals surface area contributed by atoms with Crippen molar-refractivity contribution in [3.63, 3.8) is 0 Å². The van der Waals surface area contributed by atoms with E-state index < -0.39 is 6.04 Å². The van der Waals surface area contributed by atoms with Crippen LogP contribution in [0.1, 0.15) is 13.8 Å². The van der Waals surface area contributed by atoms with Crippen LogP contribution in [0.25, 0.3) is 0 Å². The molecule has 1 atom stereocenters. The Morgan fingerprint density at radius 2 is 1.81 bits per heavy atom. The number of anilines is 1. The number of piperazine rings is 1. The van der Waals surface area contributed by atoms with E-state index in [9.17, 15) is 4.79 Å². The van der Waals surface area contributed by atoms with Crippen molar-refractivity contribution in [3.05, 3.63) is 28.2 Å². The minimum Gasteiger partial charge on any atom is -0.367 e. The van der Waals surface area contributed by atoms with Gasteiger partial charge in [-0.05, 0) is 24.1 Å². The lowest BCUT2D eigenvalue weighted by Crippen LogP contribution is -2.54. The molecule has 1 unspecified atom stereocenters. The Bertz CT molecular complexity index is 514. The van der Waals surface area contributed by atoms with Gasteiger partial charge in [0.05, 0.1) is 16.8 Å². The van der Waals surface area contributed by atoms with Crippen LogP contribution >= 0.6 is 23.2 Å². The topological polar surface area (TPSA) is 49.6 Å². The molecule has 1 fully saturated rings. The van der Waals surface area contributed by atoms with Gasteiger partial charge in [-0.2, -0.15) is 0 Å². The molecule has 4 nitrogen and oxygen atoms in total. The Kier molecular flexibility index (Phi) is 5.36. The fourth-order valence-electron chi connectivity index (χ4n) is 2.40. The summed E-state index contributed by atoms with van der Waals surface area (Å²) >= 11 is 12.1. The number of carbonyl (C=O) groups excluding carboxylic acids is 1. The van der Waals surface area contributed by atoms with Crippen molar-refractivity contribution in [2.45, 2.75) is 19.9 Å². The van der Waals surface area contributed by atoms with Crippen molar-refractivity contribution in [1.29, 1.82) is 0 Å². The standard InChI is InChI=1S/C15H21Cl2N3O/c1-10(2)14(18)15(21)20-7-5-19(6-8-20)13-4-3-11(16)9-12(13)17/h3-4,9-10,14H,5-8,18H2,1-2H3. The van der Waals surface area contributed by atoms with E-state index in [2.05, 4.69) is 4.90 Å². The van der Waals surface area contributed by atoms with Crippen LogP contribution in [-0.4, -0.2) is 43.0 Å². The second kappa shape index (κ2) is 6.86. The second-order valence-electron chi connectivity index (χ2n) is 5.68. The monoisotopic (exact) mass is 329 g/mol. The number of nitrogens with two attached hydrogens (primary N) is 1. The van der Waals surface area contributed by atoms with Crippen molar-refractivity contribution < 1.29 is 4.79 Å². The molecule has 116 valence electrons. The number of amides is 1. The molecule has 1 heterocycles. The summed E-state index contributed by atoms with van der Waals surface area (Å²) in [5, 5.41) is 1.27. The van der Waals surface area contributed by atoms with Crippen LogP contribution in [0.2, 0.25) is 10.0 Å². The minimum atomic E-state index is -0.421. The molecule has 21 heavy (non-hydrogen) atoms. The van der Waals surface area contributed by atoms with Gasteiger partial charge in [-0.15, -0.1) is 0 Å². The smallest absolute Gasteiger partial charge is 0.239 e. The molecule has 0 spiro atoms. The summed E-state index contributed by atoms with van der Waals surface area (Å²) in [6.07, 6.45) is 0. The zero-order valence-electron chi connectivity index (χ0n) is 12.4. The predicted molar refractivity (Wildman–Crippen MR) is 88.1 cm³/mol. The summed E-state index contributed by atoms with van der Waals surface area (Å²) in [4.78, 5) is 16.2. The molecule has 1 aliphatic rings. The van der Waals surface area contributed by atoms with Gasteiger partial charge in [-0.1, -0.05) is 37.0 Å². The first-order valence-corrected chi connectivity index (χ1v) is 7.90. The molecule has 0 aromatic heterocycles. The fraction of sp³-hybridized carbons (Fsp3) is 0.533. The average molecular weight is 330 g/mol. The Morgan fingerprint density at radius 3 is 2.33 bits per heavy atom. The molecule has 0 aliphatic carbocycles. The van der Waals surface area contributed by atoms with E-state index in [0.717, 1.165) is 18.8 Å². The molecule has 6 heteroatoms. The van der Waals surface area contributed by atoms with Crippen LogP contribution < -0.4 is 10.6 Å². The zero-order chi connectivity index (χ0) is 15.6. The Hall–Kier alpha value is -0.970. The van der Waals surface area contributed by atoms with E-state index in [-0.39, 0.29) is 11.8 Å². The molecule has 1 saturated heterocycles. The van der Waals surface area contributed by atoms with Gasteiger partial charge in [-0.25, -0.2) is 0 Å². The number of benzene rings is 1.